The van der Waals surface area contributed by atoms with E-state index in [2.05, 4.69) is 57.0 Å². The fraction of sp³-hybridized carbons (Fsp3) is 0.700. The molecule has 1 heterocycles. The van der Waals surface area contributed by atoms with Crippen LogP contribution in [0.1, 0.15) is 70.9 Å². The van der Waals surface area contributed by atoms with Crippen LogP contribution in [0.4, 0.5) is 5.69 Å². The van der Waals surface area contributed by atoms with E-state index in [9.17, 15) is 0 Å². The number of nitrogens with one attached hydrogen (secondary N) is 1. The average molecular weight is 319 g/mol. The van der Waals surface area contributed by atoms with Crippen LogP contribution in [-0.2, 0) is 6.54 Å². The molecule has 1 aromatic carbocycles. The van der Waals surface area contributed by atoms with Gasteiger partial charge in [-0.3, -0.25) is 0 Å². The van der Waals surface area contributed by atoms with Gasteiger partial charge in [-0.25, -0.2) is 0 Å². The molecule has 1 N–H and O–H groups in total. The van der Waals surface area contributed by atoms with Gasteiger partial charge in [-0.05, 0) is 57.2 Å². The van der Waals surface area contributed by atoms with E-state index >= 15 is 0 Å². The number of methoxy groups -OCH3 is 1. The second-order valence-corrected chi connectivity index (χ2v) is 7.47. The van der Waals surface area contributed by atoms with Gasteiger partial charge in [0, 0.05) is 35.9 Å². The zero-order valence-electron chi connectivity index (χ0n) is 15.8. The molecule has 1 aromatic rings. The van der Waals surface area contributed by atoms with Crippen molar-refractivity contribution >= 4 is 5.69 Å². The van der Waals surface area contributed by atoms with Crippen LogP contribution in [0, 0.1) is 0 Å². The molecule has 0 unspecified atom stereocenters. The Labute approximate surface area is 142 Å². The molecule has 0 bridgehead atoms. The lowest BCUT2D eigenvalue weighted by atomic mass is 9.79. The van der Waals surface area contributed by atoms with Gasteiger partial charge < -0.3 is 15.0 Å². The molecule has 23 heavy (non-hydrogen) atoms. The van der Waals surface area contributed by atoms with Crippen molar-refractivity contribution in [2.24, 2.45) is 0 Å². The molecule has 130 valence electrons. The number of hydrogen-bond donors (Lipinski definition) is 1. The third kappa shape index (κ3) is 3.82. The molecular formula is C20H34N2O. The van der Waals surface area contributed by atoms with E-state index in [1.54, 1.807) is 7.11 Å². The van der Waals surface area contributed by atoms with E-state index in [0.29, 0.717) is 5.92 Å². The molecule has 0 radical (unpaired) electrons. The smallest absolute Gasteiger partial charge is 0.125 e. The van der Waals surface area contributed by atoms with Gasteiger partial charge in [0.1, 0.15) is 5.75 Å². The van der Waals surface area contributed by atoms with Crippen LogP contribution >= 0.6 is 0 Å². The van der Waals surface area contributed by atoms with Crippen molar-refractivity contribution in [1.82, 2.24) is 5.32 Å². The van der Waals surface area contributed by atoms with E-state index in [4.69, 9.17) is 4.74 Å². The summed E-state index contributed by atoms with van der Waals surface area (Å²) >= 11 is 0. The van der Waals surface area contributed by atoms with Crippen LogP contribution in [0.3, 0.4) is 0 Å². The normalized spacial score (nSPS) is 19.6. The van der Waals surface area contributed by atoms with Crippen molar-refractivity contribution in [2.75, 3.05) is 25.1 Å². The van der Waals surface area contributed by atoms with E-state index < -0.39 is 0 Å². The third-order valence-electron chi connectivity index (χ3n) is 4.98. The lowest BCUT2D eigenvalue weighted by molar-refractivity contribution is 0.371. The highest BCUT2D eigenvalue weighted by Crippen LogP contribution is 2.45. The Morgan fingerprint density at radius 3 is 2.61 bits per heavy atom. The Morgan fingerprint density at radius 1 is 1.26 bits per heavy atom. The van der Waals surface area contributed by atoms with Crippen LogP contribution in [0.2, 0.25) is 0 Å². The number of ether oxygens (including phenoxy) is 1. The Bertz CT molecular complexity index is 525. The Kier molecular flexibility index (Phi) is 5.96. The fourth-order valence-electron chi connectivity index (χ4n) is 3.93. The zero-order valence-corrected chi connectivity index (χ0v) is 15.8. The molecule has 1 aliphatic rings. The Morgan fingerprint density at radius 2 is 2.00 bits per heavy atom. The highest BCUT2D eigenvalue weighted by atomic mass is 16.5. The largest absolute Gasteiger partial charge is 0.496 e. The van der Waals surface area contributed by atoms with Gasteiger partial charge in [0.2, 0.25) is 0 Å². The molecule has 0 amide bonds. The topological polar surface area (TPSA) is 24.5 Å². The minimum atomic E-state index is 0.204. The molecular weight excluding hydrogens is 284 g/mol. The number of rotatable bonds is 7. The minimum absolute atomic E-state index is 0.204. The molecule has 0 fully saturated rings. The van der Waals surface area contributed by atoms with Crippen molar-refractivity contribution in [2.45, 2.75) is 71.9 Å². The maximum atomic E-state index is 5.71. The second kappa shape index (κ2) is 7.57. The van der Waals surface area contributed by atoms with Crippen LogP contribution in [0.5, 0.6) is 5.75 Å². The number of fused-ring (bicyclic) bond motifs is 1. The summed E-state index contributed by atoms with van der Waals surface area (Å²) in [7, 11) is 1.78. The molecule has 0 aromatic heterocycles. The summed E-state index contributed by atoms with van der Waals surface area (Å²) < 4.78 is 5.71. The highest BCUT2D eigenvalue weighted by Gasteiger charge is 2.36. The zero-order chi connectivity index (χ0) is 17.0. The van der Waals surface area contributed by atoms with E-state index in [1.165, 1.54) is 29.7 Å². The molecule has 1 aliphatic heterocycles. The Balaban J connectivity index is 2.42. The maximum absolute atomic E-state index is 5.71. The maximum Gasteiger partial charge on any atom is 0.125 e. The second-order valence-electron chi connectivity index (χ2n) is 7.47. The summed E-state index contributed by atoms with van der Waals surface area (Å²) in [6.07, 6.45) is 3.52. The first-order valence-corrected chi connectivity index (χ1v) is 9.13. The van der Waals surface area contributed by atoms with Crippen LogP contribution in [-0.4, -0.2) is 25.7 Å². The van der Waals surface area contributed by atoms with Gasteiger partial charge in [0.05, 0.1) is 7.11 Å². The SMILES string of the molecule is CCCNCc1cc2c(cc1OC)N(CCC)C(C)(C)C[C@H]2C. The van der Waals surface area contributed by atoms with E-state index in [0.717, 1.165) is 31.8 Å². The lowest BCUT2D eigenvalue weighted by Gasteiger charge is -2.48. The van der Waals surface area contributed by atoms with E-state index in [-0.39, 0.29) is 5.54 Å². The third-order valence-corrected chi connectivity index (χ3v) is 4.98. The predicted molar refractivity (Wildman–Crippen MR) is 99.7 cm³/mol. The monoisotopic (exact) mass is 318 g/mol. The van der Waals surface area contributed by atoms with Gasteiger partial charge >= 0.3 is 0 Å². The first-order chi connectivity index (χ1) is 10.9. The highest BCUT2D eigenvalue weighted by molar-refractivity contribution is 5.64. The molecule has 1 atom stereocenters. The summed E-state index contributed by atoms with van der Waals surface area (Å²) in [5, 5.41) is 3.51. The summed E-state index contributed by atoms with van der Waals surface area (Å²) in [4.78, 5) is 2.58. The first kappa shape index (κ1) is 18.1. The van der Waals surface area contributed by atoms with Gasteiger partial charge in [-0.2, -0.15) is 0 Å². The van der Waals surface area contributed by atoms with Gasteiger partial charge in [0.15, 0.2) is 0 Å². The number of benzene rings is 1. The molecule has 0 aliphatic carbocycles. The standard InChI is InChI=1S/C20H34N2O/c1-7-9-21-14-16-11-17-15(3)13-20(4,5)22(10-8-2)18(17)12-19(16)23-6/h11-12,15,21H,7-10,13-14H2,1-6H3/t15-/m1/s1. The Hall–Kier alpha value is -1.22. The summed E-state index contributed by atoms with van der Waals surface area (Å²) in [6, 6.07) is 4.64. The van der Waals surface area contributed by atoms with Gasteiger partial charge in [-0.1, -0.05) is 20.8 Å². The van der Waals surface area contributed by atoms with Crippen LogP contribution in [0.25, 0.3) is 0 Å². The summed E-state index contributed by atoms with van der Waals surface area (Å²) in [5.41, 5.74) is 4.33. The van der Waals surface area contributed by atoms with Crippen molar-refractivity contribution in [3.05, 3.63) is 23.3 Å². The number of anilines is 1. The van der Waals surface area contributed by atoms with Crippen LogP contribution < -0.4 is 15.0 Å². The summed E-state index contributed by atoms with van der Waals surface area (Å²) in [6.45, 7) is 14.6. The average Bonchev–Trinajstić information content (AvgIpc) is 2.51. The quantitative estimate of drug-likeness (QED) is 0.738. The van der Waals surface area contributed by atoms with Crippen molar-refractivity contribution < 1.29 is 4.74 Å². The molecule has 3 heteroatoms. The number of hydrogen-bond acceptors (Lipinski definition) is 3. The van der Waals surface area contributed by atoms with Crippen molar-refractivity contribution in [3.8, 4) is 5.75 Å². The summed E-state index contributed by atoms with van der Waals surface area (Å²) in [5.74, 6) is 1.60. The molecule has 2 rings (SSSR count). The van der Waals surface area contributed by atoms with Crippen molar-refractivity contribution in [3.63, 3.8) is 0 Å². The van der Waals surface area contributed by atoms with Crippen molar-refractivity contribution in [1.29, 1.82) is 0 Å². The van der Waals surface area contributed by atoms with Crippen LogP contribution in [0.15, 0.2) is 12.1 Å². The predicted octanol–water partition coefficient (Wildman–Crippen LogP) is 4.70. The van der Waals surface area contributed by atoms with Gasteiger partial charge in [-0.15, -0.1) is 0 Å². The van der Waals surface area contributed by atoms with E-state index in [1.807, 2.05) is 0 Å². The number of nitrogens with zero attached hydrogens (tertiary/aromatic N) is 1. The molecule has 3 nitrogen and oxygen atoms in total. The first-order valence-electron chi connectivity index (χ1n) is 9.13. The molecule has 0 saturated heterocycles. The fourth-order valence-corrected chi connectivity index (χ4v) is 3.93. The molecule has 0 saturated carbocycles. The molecule has 0 spiro atoms. The van der Waals surface area contributed by atoms with Gasteiger partial charge in [0.25, 0.3) is 0 Å². The minimum Gasteiger partial charge on any atom is -0.496 e. The lowest BCUT2D eigenvalue weighted by Crippen LogP contribution is -2.48.